The number of amides is 1. The molecule has 0 aromatic carbocycles. The van der Waals surface area contributed by atoms with Crippen molar-refractivity contribution in [3.05, 3.63) is 24.7 Å². The Balaban J connectivity index is 2.76. The summed E-state index contributed by atoms with van der Waals surface area (Å²) in [6, 6.07) is 0.333. The van der Waals surface area contributed by atoms with Crippen LogP contribution in [0, 0.1) is 0 Å². The van der Waals surface area contributed by atoms with Gasteiger partial charge >= 0.3 is 0 Å². The predicted molar refractivity (Wildman–Crippen MR) is 43.4 cm³/mol. The number of hydrogen-bond donors (Lipinski definition) is 1. The zero-order valence-corrected chi connectivity index (χ0v) is 6.79. The molecular formula is C8H12N2O. The lowest BCUT2D eigenvalue weighted by atomic mass is 10.3. The molecule has 60 valence electrons. The lowest BCUT2D eigenvalue weighted by Gasteiger charge is -2.29. The van der Waals surface area contributed by atoms with Crippen molar-refractivity contribution in [2.45, 2.75) is 19.9 Å². The summed E-state index contributed by atoms with van der Waals surface area (Å²) >= 11 is 0. The second-order valence-electron chi connectivity index (χ2n) is 2.75. The van der Waals surface area contributed by atoms with Crippen molar-refractivity contribution in [3.8, 4) is 0 Å². The molecule has 0 bridgehead atoms. The van der Waals surface area contributed by atoms with Crippen LogP contribution in [0.5, 0.6) is 0 Å². The SMILES string of the molecule is C=C1NC(=O)C=CN1C(C)C. The number of carbonyl (C=O) groups is 1. The molecule has 0 fully saturated rings. The van der Waals surface area contributed by atoms with E-state index in [1.54, 1.807) is 6.20 Å². The van der Waals surface area contributed by atoms with Crippen molar-refractivity contribution in [1.82, 2.24) is 10.2 Å². The van der Waals surface area contributed by atoms with E-state index in [0.29, 0.717) is 11.9 Å². The van der Waals surface area contributed by atoms with Crippen LogP contribution in [0.3, 0.4) is 0 Å². The van der Waals surface area contributed by atoms with E-state index in [9.17, 15) is 4.79 Å². The van der Waals surface area contributed by atoms with Crippen LogP contribution >= 0.6 is 0 Å². The molecule has 0 aromatic heterocycles. The Hall–Kier alpha value is -1.25. The summed E-state index contributed by atoms with van der Waals surface area (Å²) in [6.45, 7) is 7.78. The number of carbonyl (C=O) groups excluding carboxylic acids is 1. The van der Waals surface area contributed by atoms with Gasteiger partial charge in [0.2, 0.25) is 0 Å². The Bertz CT molecular complexity index is 218. The highest BCUT2D eigenvalue weighted by molar-refractivity contribution is 5.89. The number of nitrogens with zero attached hydrogens (tertiary/aromatic N) is 1. The molecule has 0 saturated heterocycles. The molecule has 0 spiro atoms. The van der Waals surface area contributed by atoms with Crippen molar-refractivity contribution in [2.24, 2.45) is 0 Å². The largest absolute Gasteiger partial charge is 0.332 e. The Morgan fingerprint density at radius 1 is 1.64 bits per heavy atom. The highest BCUT2D eigenvalue weighted by Gasteiger charge is 2.14. The molecule has 1 aliphatic heterocycles. The first kappa shape index (κ1) is 7.85. The standard InChI is InChI=1S/C8H12N2O/c1-6(2)10-5-4-8(11)9-7(10)3/h4-6H,3H2,1-2H3,(H,9,11). The lowest BCUT2D eigenvalue weighted by Crippen LogP contribution is -2.38. The van der Waals surface area contributed by atoms with Gasteiger partial charge in [0.25, 0.3) is 5.91 Å². The van der Waals surface area contributed by atoms with Gasteiger partial charge in [-0.1, -0.05) is 6.58 Å². The van der Waals surface area contributed by atoms with Gasteiger partial charge < -0.3 is 10.2 Å². The fraction of sp³-hybridized carbons (Fsp3) is 0.375. The maximum atomic E-state index is 10.8. The van der Waals surface area contributed by atoms with Gasteiger partial charge in [-0.15, -0.1) is 0 Å². The topological polar surface area (TPSA) is 32.3 Å². The maximum absolute atomic E-state index is 10.8. The van der Waals surface area contributed by atoms with Gasteiger partial charge in [0.05, 0.1) is 0 Å². The predicted octanol–water partition coefficient (Wildman–Crippen LogP) is 0.811. The smallest absolute Gasteiger partial charge is 0.250 e. The third-order valence-electron chi connectivity index (χ3n) is 1.52. The number of hydrogen-bond acceptors (Lipinski definition) is 2. The first-order chi connectivity index (χ1) is 5.11. The average molecular weight is 152 g/mol. The Labute approximate surface area is 66.4 Å². The van der Waals surface area contributed by atoms with E-state index in [-0.39, 0.29) is 5.91 Å². The summed E-state index contributed by atoms with van der Waals surface area (Å²) in [6.07, 6.45) is 3.24. The second kappa shape index (κ2) is 2.78. The fourth-order valence-corrected chi connectivity index (χ4v) is 0.970. The van der Waals surface area contributed by atoms with E-state index >= 15 is 0 Å². The van der Waals surface area contributed by atoms with Gasteiger partial charge in [-0.05, 0) is 13.8 Å². The summed E-state index contributed by atoms with van der Waals surface area (Å²) in [5.41, 5.74) is 0. The quantitative estimate of drug-likeness (QED) is 0.603. The van der Waals surface area contributed by atoms with Crippen LogP contribution in [0.25, 0.3) is 0 Å². The van der Waals surface area contributed by atoms with E-state index in [0.717, 1.165) is 0 Å². The van der Waals surface area contributed by atoms with Crippen LogP contribution in [0.15, 0.2) is 24.7 Å². The summed E-state index contributed by atoms with van der Waals surface area (Å²) in [4.78, 5) is 12.7. The average Bonchev–Trinajstić information content (AvgIpc) is 1.85. The first-order valence-corrected chi connectivity index (χ1v) is 3.57. The fourth-order valence-electron chi connectivity index (χ4n) is 0.970. The molecule has 3 nitrogen and oxygen atoms in total. The molecule has 3 heteroatoms. The molecule has 0 saturated carbocycles. The second-order valence-corrected chi connectivity index (χ2v) is 2.75. The van der Waals surface area contributed by atoms with Crippen molar-refractivity contribution in [3.63, 3.8) is 0 Å². The molecular weight excluding hydrogens is 140 g/mol. The van der Waals surface area contributed by atoms with Gasteiger partial charge in [-0.2, -0.15) is 0 Å². The van der Waals surface area contributed by atoms with Gasteiger partial charge in [0.15, 0.2) is 0 Å². The summed E-state index contributed by atoms with van der Waals surface area (Å²) < 4.78 is 0. The minimum Gasteiger partial charge on any atom is -0.332 e. The zero-order chi connectivity index (χ0) is 8.43. The molecule has 1 amide bonds. The monoisotopic (exact) mass is 152 g/mol. The Morgan fingerprint density at radius 3 is 2.73 bits per heavy atom. The molecule has 0 atom stereocenters. The van der Waals surface area contributed by atoms with Crippen LogP contribution in [0.4, 0.5) is 0 Å². The molecule has 1 rings (SSSR count). The molecule has 0 unspecified atom stereocenters. The minimum atomic E-state index is -0.105. The molecule has 0 aromatic rings. The van der Waals surface area contributed by atoms with Gasteiger partial charge in [0.1, 0.15) is 5.82 Å². The van der Waals surface area contributed by atoms with Crippen molar-refractivity contribution in [1.29, 1.82) is 0 Å². The highest BCUT2D eigenvalue weighted by atomic mass is 16.1. The van der Waals surface area contributed by atoms with Crippen molar-refractivity contribution in [2.75, 3.05) is 0 Å². The van der Waals surface area contributed by atoms with E-state index in [1.807, 2.05) is 18.7 Å². The van der Waals surface area contributed by atoms with Crippen LogP contribution in [0.2, 0.25) is 0 Å². The summed E-state index contributed by atoms with van der Waals surface area (Å²) in [5, 5.41) is 2.62. The minimum absolute atomic E-state index is 0.105. The number of rotatable bonds is 1. The van der Waals surface area contributed by atoms with E-state index in [2.05, 4.69) is 11.9 Å². The van der Waals surface area contributed by atoms with Crippen LogP contribution in [0.1, 0.15) is 13.8 Å². The Kier molecular flexibility index (Phi) is 1.98. The third-order valence-corrected chi connectivity index (χ3v) is 1.52. The van der Waals surface area contributed by atoms with E-state index < -0.39 is 0 Å². The van der Waals surface area contributed by atoms with Crippen LogP contribution < -0.4 is 5.32 Å². The molecule has 1 N–H and O–H groups in total. The molecule has 0 aliphatic carbocycles. The highest BCUT2D eigenvalue weighted by Crippen LogP contribution is 2.08. The van der Waals surface area contributed by atoms with Crippen LogP contribution in [-0.4, -0.2) is 16.8 Å². The summed E-state index contributed by atoms with van der Waals surface area (Å²) in [7, 11) is 0. The van der Waals surface area contributed by atoms with Crippen molar-refractivity contribution < 1.29 is 4.79 Å². The van der Waals surface area contributed by atoms with E-state index in [1.165, 1.54) is 6.08 Å². The van der Waals surface area contributed by atoms with Gasteiger partial charge in [-0.25, -0.2) is 0 Å². The van der Waals surface area contributed by atoms with Gasteiger partial charge in [0, 0.05) is 18.3 Å². The number of nitrogens with one attached hydrogen (secondary N) is 1. The van der Waals surface area contributed by atoms with Gasteiger partial charge in [-0.3, -0.25) is 4.79 Å². The lowest BCUT2D eigenvalue weighted by molar-refractivity contribution is -0.116. The molecule has 0 radical (unpaired) electrons. The Morgan fingerprint density at radius 2 is 2.27 bits per heavy atom. The van der Waals surface area contributed by atoms with Crippen LogP contribution in [-0.2, 0) is 4.79 Å². The normalized spacial score (nSPS) is 17.5. The van der Waals surface area contributed by atoms with Crippen molar-refractivity contribution >= 4 is 5.91 Å². The first-order valence-electron chi connectivity index (χ1n) is 3.57. The molecule has 1 aliphatic rings. The summed E-state index contributed by atoms with van der Waals surface area (Å²) in [5.74, 6) is 0.541. The van der Waals surface area contributed by atoms with E-state index in [4.69, 9.17) is 0 Å². The molecule has 1 heterocycles. The maximum Gasteiger partial charge on any atom is 0.250 e. The molecule has 11 heavy (non-hydrogen) atoms. The third kappa shape index (κ3) is 1.61. The zero-order valence-electron chi connectivity index (χ0n) is 6.79.